The summed E-state index contributed by atoms with van der Waals surface area (Å²) in [4.78, 5) is 3.96. The minimum Gasteiger partial charge on any atom is -0.386 e. The number of hydrogen-bond acceptors (Lipinski definition) is 3. The molecule has 0 radical (unpaired) electrons. The fourth-order valence-electron chi connectivity index (χ4n) is 1.42. The van der Waals surface area contributed by atoms with E-state index >= 15 is 0 Å². The highest BCUT2D eigenvalue weighted by Gasteiger charge is 2.15. The van der Waals surface area contributed by atoms with Crippen LogP contribution in [0.15, 0.2) is 24.4 Å². The van der Waals surface area contributed by atoms with E-state index in [1.165, 1.54) is 23.6 Å². The summed E-state index contributed by atoms with van der Waals surface area (Å²) in [6.45, 7) is 0. The highest BCUT2D eigenvalue weighted by molar-refractivity contribution is 7.15. The van der Waals surface area contributed by atoms with Crippen LogP contribution in [0.2, 0.25) is 9.36 Å². The lowest BCUT2D eigenvalue weighted by Gasteiger charge is -2.09. The van der Waals surface area contributed by atoms with Crippen molar-refractivity contribution in [3.8, 4) is 0 Å². The minimum absolute atomic E-state index is 0.0363. The van der Waals surface area contributed by atoms with Gasteiger partial charge in [-0.05, 0) is 11.6 Å². The van der Waals surface area contributed by atoms with E-state index in [1.54, 1.807) is 12.1 Å². The van der Waals surface area contributed by atoms with Crippen LogP contribution in [-0.4, -0.2) is 10.1 Å². The Bertz CT molecular complexity index is 532. The lowest BCUT2D eigenvalue weighted by molar-refractivity contribution is 0.178. The normalized spacial score (nSPS) is 12.7. The predicted molar refractivity (Wildman–Crippen MR) is 67.2 cm³/mol. The van der Waals surface area contributed by atoms with Crippen LogP contribution in [0.5, 0.6) is 0 Å². The van der Waals surface area contributed by atoms with Crippen molar-refractivity contribution < 1.29 is 9.50 Å². The van der Waals surface area contributed by atoms with Crippen LogP contribution < -0.4 is 0 Å². The molecule has 0 saturated heterocycles. The van der Waals surface area contributed by atoms with Gasteiger partial charge in [-0.3, -0.25) is 0 Å². The van der Waals surface area contributed by atoms with E-state index in [1.807, 2.05) is 0 Å². The molecule has 0 spiro atoms. The lowest BCUT2D eigenvalue weighted by atomic mass is 10.1. The summed E-state index contributed by atoms with van der Waals surface area (Å²) in [6, 6.07) is 4.50. The number of halogens is 3. The molecule has 1 heterocycles. The van der Waals surface area contributed by atoms with Gasteiger partial charge in [-0.25, -0.2) is 9.37 Å². The fourth-order valence-corrected chi connectivity index (χ4v) is 2.54. The van der Waals surface area contributed by atoms with Gasteiger partial charge < -0.3 is 5.11 Å². The van der Waals surface area contributed by atoms with Gasteiger partial charge in [0.05, 0.1) is 11.2 Å². The van der Waals surface area contributed by atoms with E-state index in [2.05, 4.69) is 4.98 Å². The highest BCUT2D eigenvalue weighted by atomic mass is 35.5. The zero-order valence-electron chi connectivity index (χ0n) is 8.53. The molecule has 1 atom stereocenters. The summed E-state index contributed by atoms with van der Waals surface area (Å²) >= 11 is 12.7. The first-order valence-electron chi connectivity index (χ1n) is 4.80. The van der Waals surface area contributed by atoms with Crippen molar-refractivity contribution in [1.29, 1.82) is 0 Å². The highest BCUT2D eigenvalue weighted by Crippen LogP contribution is 2.29. The van der Waals surface area contributed by atoms with Gasteiger partial charge >= 0.3 is 0 Å². The first kappa shape index (κ1) is 12.8. The average Bonchev–Trinajstić information content (AvgIpc) is 2.72. The van der Waals surface area contributed by atoms with Gasteiger partial charge in [0.2, 0.25) is 0 Å². The molecule has 1 N–H and O–H groups in total. The van der Waals surface area contributed by atoms with Crippen LogP contribution in [0.1, 0.15) is 16.7 Å². The lowest BCUT2D eigenvalue weighted by Crippen LogP contribution is -2.02. The molecule has 0 aliphatic carbocycles. The SMILES string of the molecule is OC(Cc1cccc(F)c1Cl)c1ncc(Cl)s1. The van der Waals surface area contributed by atoms with Crippen molar-refractivity contribution >= 4 is 34.5 Å². The number of nitrogens with zero attached hydrogens (tertiary/aromatic N) is 1. The van der Waals surface area contributed by atoms with Crippen molar-refractivity contribution in [2.75, 3.05) is 0 Å². The first-order valence-corrected chi connectivity index (χ1v) is 6.37. The molecule has 0 bridgehead atoms. The molecule has 0 fully saturated rings. The Balaban J connectivity index is 2.18. The van der Waals surface area contributed by atoms with Gasteiger partial charge in [0, 0.05) is 6.42 Å². The summed E-state index contributed by atoms with van der Waals surface area (Å²) in [5.41, 5.74) is 0.547. The van der Waals surface area contributed by atoms with Crippen LogP contribution in [0, 0.1) is 5.82 Å². The largest absolute Gasteiger partial charge is 0.386 e. The molecular formula is C11H8Cl2FNOS. The standard InChI is InChI=1S/C11H8Cl2FNOS/c12-9-5-15-11(17-9)8(16)4-6-2-1-3-7(14)10(6)13/h1-3,5,8,16H,4H2. The molecule has 2 nitrogen and oxygen atoms in total. The quantitative estimate of drug-likeness (QED) is 0.931. The molecule has 2 rings (SSSR count). The molecule has 6 heteroatoms. The van der Waals surface area contributed by atoms with Crippen molar-refractivity contribution in [3.63, 3.8) is 0 Å². The summed E-state index contributed by atoms with van der Waals surface area (Å²) < 4.78 is 13.7. The summed E-state index contributed by atoms with van der Waals surface area (Å²) in [6.07, 6.45) is 0.852. The van der Waals surface area contributed by atoms with Crippen LogP contribution in [0.3, 0.4) is 0 Å². The third-order valence-electron chi connectivity index (χ3n) is 2.23. The van der Waals surface area contributed by atoms with E-state index in [0.717, 1.165) is 0 Å². The van der Waals surface area contributed by atoms with E-state index in [-0.39, 0.29) is 11.4 Å². The van der Waals surface area contributed by atoms with Gasteiger partial charge in [0.25, 0.3) is 0 Å². The van der Waals surface area contributed by atoms with Gasteiger partial charge in [0.15, 0.2) is 0 Å². The number of thiazole rings is 1. The Morgan fingerprint density at radius 2 is 2.18 bits per heavy atom. The van der Waals surface area contributed by atoms with Gasteiger partial charge in [-0.15, -0.1) is 11.3 Å². The second kappa shape index (κ2) is 5.31. The van der Waals surface area contributed by atoms with Crippen molar-refractivity contribution in [1.82, 2.24) is 4.98 Å². The molecule has 2 aromatic rings. The van der Waals surface area contributed by atoms with Crippen molar-refractivity contribution in [3.05, 3.63) is 50.1 Å². The van der Waals surface area contributed by atoms with Crippen LogP contribution >= 0.6 is 34.5 Å². The molecule has 1 aromatic heterocycles. The predicted octanol–water partition coefficient (Wildman–Crippen LogP) is 3.87. The van der Waals surface area contributed by atoms with E-state index in [4.69, 9.17) is 23.2 Å². The Labute approximate surface area is 112 Å². The Morgan fingerprint density at radius 3 is 2.82 bits per heavy atom. The Kier molecular flexibility index (Phi) is 3.99. The number of hydrogen-bond donors (Lipinski definition) is 1. The number of aliphatic hydroxyl groups is 1. The van der Waals surface area contributed by atoms with E-state index in [9.17, 15) is 9.50 Å². The zero-order valence-corrected chi connectivity index (χ0v) is 10.9. The van der Waals surface area contributed by atoms with Crippen LogP contribution in [0.25, 0.3) is 0 Å². The summed E-state index contributed by atoms with van der Waals surface area (Å²) in [7, 11) is 0. The third-order valence-corrected chi connectivity index (χ3v) is 3.86. The van der Waals surface area contributed by atoms with Crippen molar-refractivity contribution in [2.24, 2.45) is 0 Å². The van der Waals surface area contributed by atoms with Gasteiger partial charge in [0.1, 0.15) is 21.3 Å². The van der Waals surface area contributed by atoms with E-state index in [0.29, 0.717) is 14.9 Å². The average molecular weight is 292 g/mol. The van der Waals surface area contributed by atoms with Gasteiger partial charge in [-0.1, -0.05) is 35.3 Å². The first-order chi connectivity index (χ1) is 8.08. The number of aromatic nitrogens is 1. The second-order valence-corrected chi connectivity index (χ2v) is 5.51. The van der Waals surface area contributed by atoms with Crippen molar-refractivity contribution in [2.45, 2.75) is 12.5 Å². The topological polar surface area (TPSA) is 33.1 Å². The van der Waals surface area contributed by atoms with Gasteiger partial charge in [-0.2, -0.15) is 0 Å². The maximum absolute atomic E-state index is 13.2. The fraction of sp³-hybridized carbons (Fsp3) is 0.182. The Hall–Kier alpha value is -0.680. The number of benzene rings is 1. The van der Waals surface area contributed by atoms with Crippen LogP contribution in [0.4, 0.5) is 4.39 Å². The molecule has 0 aliphatic rings. The smallest absolute Gasteiger partial charge is 0.142 e. The maximum Gasteiger partial charge on any atom is 0.142 e. The molecule has 17 heavy (non-hydrogen) atoms. The minimum atomic E-state index is -0.827. The zero-order chi connectivity index (χ0) is 12.4. The monoisotopic (exact) mass is 291 g/mol. The number of aliphatic hydroxyl groups excluding tert-OH is 1. The van der Waals surface area contributed by atoms with Crippen LogP contribution in [-0.2, 0) is 6.42 Å². The molecule has 1 unspecified atom stereocenters. The number of rotatable bonds is 3. The summed E-state index contributed by atoms with van der Waals surface area (Å²) in [5, 5.41) is 10.4. The molecule has 0 aliphatic heterocycles. The van der Waals surface area contributed by atoms with E-state index < -0.39 is 11.9 Å². The summed E-state index contributed by atoms with van der Waals surface area (Å²) in [5.74, 6) is -0.492. The molecular weight excluding hydrogens is 284 g/mol. The Morgan fingerprint density at radius 1 is 1.41 bits per heavy atom. The molecule has 1 aromatic carbocycles. The second-order valence-electron chi connectivity index (χ2n) is 3.44. The molecule has 90 valence electrons. The molecule has 0 amide bonds. The molecule has 0 saturated carbocycles. The maximum atomic E-state index is 13.2. The third kappa shape index (κ3) is 2.96.